The van der Waals surface area contributed by atoms with Crippen LogP contribution in [0.25, 0.3) is 11.1 Å². The summed E-state index contributed by atoms with van der Waals surface area (Å²) in [5, 5.41) is 0. The van der Waals surface area contributed by atoms with Crippen molar-refractivity contribution in [1.82, 2.24) is 4.90 Å². The third-order valence-corrected chi connectivity index (χ3v) is 6.98. The van der Waals surface area contributed by atoms with Crippen LogP contribution in [0.5, 0.6) is 0 Å². The van der Waals surface area contributed by atoms with Gasteiger partial charge in [0.05, 0.1) is 0 Å². The van der Waals surface area contributed by atoms with E-state index in [4.69, 9.17) is 5.73 Å². The van der Waals surface area contributed by atoms with Crippen LogP contribution in [-0.2, 0) is 13.0 Å². The third-order valence-electron chi connectivity index (χ3n) is 6.98. The molecule has 1 aliphatic carbocycles. The van der Waals surface area contributed by atoms with Gasteiger partial charge in [0.25, 0.3) is 0 Å². The second kappa shape index (κ2) is 7.36. The Morgan fingerprint density at radius 2 is 1.86 bits per heavy atom. The molecule has 1 saturated carbocycles. The van der Waals surface area contributed by atoms with E-state index in [9.17, 15) is 4.79 Å². The van der Waals surface area contributed by atoms with Gasteiger partial charge in [-0.1, -0.05) is 44.2 Å². The van der Waals surface area contributed by atoms with E-state index >= 15 is 0 Å². The molecule has 0 atom stereocenters. The molecular formula is C25H32N2O. The summed E-state index contributed by atoms with van der Waals surface area (Å²) >= 11 is 0. The van der Waals surface area contributed by atoms with Crippen LogP contribution in [0.1, 0.15) is 66.6 Å². The highest BCUT2D eigenvalue weighted by molar-refractivity contribution is 5.96. The molecule has 3 heteroatoms. The molecule has 1 heterocycles. The van der Waals surface area contributed by atoms with Crippen molar-refractivity contribution in [1.29, 1.82) is 0 Å². The summed E-state index contributed by atoms with van der Waals surface area (Å²) in [5.41, 5.74) is 12.8. The van der Waals surface area contributed by atoms with E-state index in [0.717, 1.165) is 36.7 Å². The van der Waals surface area contributed by atoms with Crippen molar-refractivity contribution in [3.05, 3.63) is 58.7 Å². The van der Waals surface area contributed by atoms with E-state index in [1.807, 2.05) is 19.1 Å². The minimum Gasteiger partial charge on any atom is -0.366 e. The molecule has 0 bridgehead atoms. The molecule has 148 valence electrons. The van der Waals surface area contributed by atoms with E-state index in [-0.39, 0.29) is 5.91 Å². The largest absolute Gasteiger partial charge is 0.366 e. The summed E-state index contributed by atoms with van der Waals surface area (Å²) in [4.78, 5) is 14.4. The summed E-state index contributed by atoms with van der Waals surface area (Å²) in [7, 11) is 0. The van der Waals surface area contributed by atoms with E-state index in [0.29, 0.717) is 11.0 Å². The van der Waals surface area contributed by atoms with Gasteiger partial charge >= 0.3 is 0 Å². The zero-order valence-electron chi connectivity index (χ0n) is 17.4. The van der Waals surface area contributed by atoms with Gasteiger partial charge in [0.1, 0.15) is 0 Å². The first kappa shape index (κ1) is 19.2. The van der Waals surface area contributed by atoms with Gasteiger partial charge in [0.15, 0.2) is 0 Å². The number of amides is 1. The Morgan fingerprint density at radius 3 is 2.57 bits per heavy atom. The lowest BCUT2D eigenvalue weighted by atomic mass is 9.75. The molecule has 2 aliphatic rings. The summed E-state index contributed by atoms with van der Waals surface area (Å²) in [6.07, 6.45) is 6.46. The van der Waals surface area contributed by atoms with Gasteiger partial charge in [-0.05, 0) is 78.3 Å². The van der Waals surface area contributed by atoms with Crippen molar-refractivity contribution < 1.29 is 4.79 Å². The first-order chi connectivity index (χ1) is 13.3. The predicted molar refractivity (Wildman–Crippen MR) is 115 cm³/mol. The van der Waals surface area contributed by atoms with Crippen LogP contribution in [0.4, 0.5) is 0 Å². The quantitative estimate of drug-likeness (QED) is 0.811. The lowest BCUT2D eigenvalue weighted by molar-refractivity contribution is 0.0966. The molecule has 0 unspecified atom stereocenters. The number of fused-ring (bicyclic) bond motifs is 1. The van der Waals surface area contributed by atoms with Crippen LogP contribution in [0, 0.1) is 12.3 Å². The number of carbonyl (C=O) groups excluding carboxylic acids is 1. The van der Waals surface area contributed by atoms with Crippen LogP contribution in [0.2, 0.25) is 0 Å². The zero-order valence-corrected chi connectivity index (χ0v) is 17.4. The number of nitrogens with two attached hydrogens (primary N) is 1. The lowest BCUT2D eigenvalue weighted by Gasteiger charge is -2.42. The van der Waals surface area contributed by atoms with Crippen molar-refractivity contribution >= 4 is 5.91 Å². The first-order valence-corrected chi connectivity index (χ1v) is 10.6. The van der Waals surface area contributed by atoms with Gasteiger partial charge in [-0.2, -0.15) is 0 Å². The van der Waals surface area contributed by atoms with Crippen LogP contribution in [-0.4, -0.2) is 23.4 Å². The van der Waals surface area contributed by atoms with Gasteiger partial charge < -0.3 is 5.73 Å². The van der Waals surface area contributed by atoms with Crippen LogP contribution < -0.4 is 5.73 Å². The van der Waals surface area contributed by atoms with Crippen molar-refractivity contribution in [3.63, 3.8) is 0 Å². The highest BCUT2D eigenvalue weighted by atomic mass is 16.1. The topological polar surface area (TPSA) is 46.3 Å². The summed E-state index contributed by atoms with van der Waals surface area (Å²) in [6.45, 7) is 9.03. The molecular weight excluding hydrogens is 344 g/mol. The highest BCUT2D eigenvalue weighted by Crippen LogP contribution is 2.38. The molecule has 1 aliphatic heterocycles. The Hall–Kier alpha value is -2.13. The molecule has 2 N–H and O–H groups in total. The fourth-order valence-corrected chi connectivity index (χ4v) is 5.02. The van der Waals surface area contributed by atoms with Crippen molar-refractivity contribution in [2.75, 3.05) is 6.54 Å². The van der Waals surface area contributed by atoms with Crippen molar-refractivity contribution in [3.8, 4) is 11.1 Å². The summed E-state index contributed by atoms with van der Waals surface area (Å²) in [6, 6.07) is 13.4. The molecule has 2 aromatic carbocycles. The summed E-state index contributed by atoms with van der Waals surface area (Å²) in [5.74, 6) is -0.358. The average molecular weight is 377 g/mol. The zero-order chi connectivity index (χ0) is 19.9. The smallest absolute Gasteiger partial charge is 0.248 e. The fraction of sp³-hybridized carbons (Fsp3) is 0.480. The Balaban J connectivity index is 1.54. The van der Waals surface area contributed by atoms with Crippen molar-refractivity contribution in [2.45, 2.75) is 65.5 Å². The second-order valence-electron chi connectivity index (χ2n) is 9.44. The Kier molecular flexibility index (Phi) is 5.05. The Bertz CT molecular complexity index is 889. The van der Waals surface area contributed by atoms with Gasteiger partial charge in [0, 0.05) is 24.7 Å². The number of hydrogen-bond donors (Lipinski definition) is 1. The normalized spacial score (nSPS) is 20.0. The maximum atomic E-state index is 11.7. The summed E-state index contributed by atoms with van der Waals surface area (Å²) < 4.78 is 0. The molecule has 0 aromatic heterocycles. The predicted octanol–water partition coefficient (Wildman–Crippen LogP) is 5.09. The van der Waals surface area contributed by atoms with Gasteiger partial charge in [-0.25, -0.2) is 0 Å². The monoisotopic (exact) mass is 376 g/mol. The number of primary amides is 1. The average Bonchev–Trinajstić information content (AvgIpc) is 2.67. The molecule has 4 rings (SSSR count). The second-order valence-corrected chi connectivity index (χ2v) is 9.44. The minimum atomic E-state index is -0.358. The van der Waals surface area contributed by atoms with Crippen LogP contribution >= 0.6 is 0 Å². The van der Waals surface area contributed by atoms with E-state index in [2.05, 4.69) is 43.0 Å². The molecule has 1 fully saturated rings. The Labute approximate surface area is 168 Å². The maximum Gasteiger partial charge on any atom is 0.248 e. The molecule has 0 spiro atoms. The third kappa shape index (κ3) is 3.73. The molecule has 2 aromatic rings. The molecule has 0 radical (unpaired) electrons. The standard InChI is InChI=1S/C25H32N2O/c1-17-22(5-4-6-23(17)24(26)28)19-7-8-20-16-27(14-11-18(20)15-19)21-9-12-25(2,3)13-10-21/h4-8,15,21H,9-14,16H2,1-3H3,(H2,26,28). The van der Waals surface area contributed by atoms with Gasteiger partial charge in [0.2, 0.25) is 5.91 Å². The van der Waals surface area contributed by atoms with E-state index in [1.165, 1.54) is 42.4 Å². The lowest BCUT2D eigenvalue weighted by Crippen LogP contribution is -2.42. The number of benzene rings is 2. The molecule has 1 amide bonds. The molecule has 0 saturated heterocycles. The van der Waals surface area contributed by atoms with Gasteiger partial charge in [-0.3, -0.25) is 9.69 Å². The molecule has 28 heavy (non-hydrogen) atoms. The van der Waals surface area contributed by atoms with E-state index in [1.54, 1.807) is 0 Å². The number of hydrogen-bond acceptors (Lipinski definition) is 2. The first-order valence-electron chi connectivity index (χ1n) is 10.6. The Morgan fingerprint density at radius 1 is 1.11 bits per heavy atom. The molecule has 3 nitrogen and oxygen atoms in total. The fourth-order valence-electron chi connectivity index (χ4n) is 5.02. The maximum absolute atomic E-state index is 11.7. The number of nitrogens with zero attached hydrogens (tertiary/aromatic N) is 1. The highest BCUT2D eigenvalue weighted by Gasteiger charge is 2.31. The van der Waals surface area contributed by atoms with Crippen LogP contribution in [0.15, 0.2) is 36.4 Å². The minimum absolute atomic E-state index is 0.358. The van der Waals surface area contributed by atoms with E-state index < -0.39 is 0 Å². The van der Waals surface area contributed by atoms with Crippen LogP contribution in [0.3, 0.4) is 0 Å². The van der Waals surface area contributed by atoms with Gasteiger partial charge in [-0.15, -0.1) is 0 Å². The number of rotatable bonds is 3. The SMILES string of the molecule is Cc1c(C(N)=O)cccc1-c1ccc2c(c1)CCN(C1CCC(C)(C)CC1)C2. The number of carbonyl (C=O) groups is 1. The van der Waals surface area contributed by atoms with Crippen molar-refractivity contribution in [2.24, 2.45) is 11.1 Å².